The van der Waals surface area contributed by atoms with E-state index in [1.807, 2.05) is 0 Å². The molecule has 0 bridgehead atoms. The van der Waals surface area contributed by atoms with E-state index in [2.05, 4.69) is 16.0 Å². The number of nitrogens with one attached hydrogen (secondary N) is 1. The summed E-state index contributed by atoms with van der Waals surface area (Å²) in [6.07, 6.45) is 0.237. The Labute approximate surface area is 113 Å². The number of H-pyrrole nitrogens is 1. The molecule has 0 aliphatic rings. The molecule has 6 nitrogen and oxygen atoms in total. The van der Waals surface area contributed by atoms with E-state index in [1.54, 1.807) is 18.2 Å². The second-order valence-corrected chi connectivity index (χ2v) is 4.84. The van der Waals surface area contributed by atoms with Crippen LogP contribution in [-0.4, -0.2) is 9.97 Å². The number of rotatable bonds is 3. The Morgan fingerprint density at radius 3 is 2.84 bits per heavy atom. The summed E-state index contributed by atoms with van der Waals surface area (Å²) in [4.78, 5) is 18.7. The maximum Gasteiger partial charge on any atom is 0.253 e. The minimum absolute atomic E-state index is 0.166. The van der Waals surface area contributed by atoms with Gasteiger partial charge in [-0.05, 0) is 23.8 Å². The molecule has 0 spiro atoms. The number of aromatic amines is 1. The number of nitrogens with zero attached hydrogens (tertiary/aromatic N) is 2. The van der Waals surface area contributed by atoms with Crippen molar-refractivity contribution in [3.8, 4) is 6.07 Å². The molecule has 0 aliphatic heterocycles. The summed E-state index contributed by atoms with van der Waals surface area (Å²) in [5, 5.41) is 9.11. The normalized spacial score (nSPS) is 10.1. The van der Waals surface area contributed by atoms with Crippen LogP contribution in [0.3, 0.4) is 0 Å². The molecule has 0 aliphatic carbocycles. The van der Waals surface area contributed by atoms with Crippen molar-refractivity contribution in [2.75, 3.05) is 11.5 Å². The quantitative estimate of drug-likeness (QED) is 0.569. The Morgan fingerprint density at radius 1 is 1.37 bits per heavy atom. The zero-order chi connectivity index (χ0) is 13.8. The summed E-state index contributed by atoms with van der Waals surface area (Å²) in [5.74, 6) is 0.166. The topological polar surface area (TPSA) is 122 Å². The van der Waals surface area contributed by atoms with Crippen molar-refractivity contribution in [1.29, 1.82) is 5.26 Å². The van der Waals surface area contributed by atoms with E-state index in [1.165, 1.54) is 17.8 Å². The molecule has 2 aromatic rings. The van der Waals surface area contributed by atoms with Gasteiger partial charge in [-0.25, -0.2) is 4.98 Å². The highest BCUT2D eigenvalue weighted by atomic mass is 32.2. The van der Waals surface area contributed by atoms with Crippen LogP contribution in [0.15, 0.2) is 39.1 Å². The van der Waals surface area contributed by atoms with Crippen LogP contribution in [0.4, 0.5) is 11.5 Å². The number of hydrogen-bond donors (Lipinski definition) is 3. The number of benzene rings is 1. The number of hydrogen-bond acceptors (Lipinski definition) is 6. The predicted molar refractivity (Wildman–Crippen MR) is 73.6 cm³/mol. The second-order valence-electron chi connectivity index (χ2n) is 3.77. The Balaban J connectivity index is 2.31. The lowest BCUT2D eigenvalue weighted by atomic mass is 10.1. The summed E-state index contributed by atoms with van der Waals surface area (Å²) in [5.41, 5.74) is 12.3. The highest BCUT2D eigenvalue weighted by Gasteiger charge is 2.05. The van der Waals surface area contributed by atoms with Gasteiger partial charge in [0.2, 0.25) is 0 Å². The van der Waals surface area contributed by atoms with Gasteiger partial charge in [0, 0.05) is 16.6 Å². The minimum Gasteiger partial charge on any atom is -0.398 e. The summed E-state index contributed by atoms with van der Waals surface area (Å²) in [6, 6.07) is 8.58. The maximum atomic E-state index is 11.3. The highest BCUT2D eigenvalue weighted by molar-refractivity contribution is 7.99. The predicted octanol–water partition coefficient (Wildman–Crippen LogP) is 1.15. The van der Waals surface area contributed by atoms with Gasteiger partial charge in [-0.1, -0.05) is 11.8 Å². The van der Waals surface area contributed by atoms with E-state index in [0.717, 1.165) is 10.5 Å². The van der Waals surface area contributed by atoms with Gasteiger partial charge in [0.1, 0.15) is 5.82 Å². The van der Waals surface area contributed by atoms with E-state index in [9.17, 15) is 4.79 Å². The number of nitriles is 1. The van der Waals surface area contributed by atoms with Crippen molar-refractivity contribution in [3.05, 3.63) is 40.2 Å². The lowest BCUT2D eigenvalue weighted by Gasteiger charge is -2.05. The van der Waals surface area contributed by atoms with E-state index in [4.69, 9.17) is 16.7 Å². The van der Waals surface area contributed by atoms with Gasteiger partial charge in [0.05, 0.1) is 12.5 Å². The van der Waals surface area contributed by atoms with Crippen molar-refractivity contribution < 1.29 is 0 Å². The largest absolute Gasteiger partial charge is 0.398 e. The molecule has 0 fully saturated rings. The molecule has 7 heteroatoms. The van der Waals surface area contributed by atoms with Gasteiger partial charge >= 0.3 is 0 Å². The fraction of sp³-hybridized carbons (Fsp3) is 0.0833. The molecule has 5 N–H and O–H groups in total. The molecule has 96 valence electrons. The van der Waals surface area contributed by atoms with Gasteiger partial charge in [-0.15, -0.1) is 0 Å². The molecular formula is C12H11N5OS. The van der Waals surface area contributed by atoms with Gasteiger partial charge < -0.3 is 16.5 Å². The van der Waals surface area contributed by atoms with Crippen LogP contribution in [0.2, 0.25) is 0 Å². The first kappa shape index (κ1) is 13.0. The molecule has 0 radical (unpaired) electrons. The number of nitrogen functional groups attached to an aromatic ring is 2. The third-order valence-corrected chi connectivity index (χ3v) is 3.21. The average Bonchev–Trinajstić information content (AvgIpc) is 2.32. The molecular weight excluding hydrogens is 262 g/mol. The van der Waals surface area contributed by atoms with E-state index in [-0.39, 0.29) is 17.8 Å². The smallest absolute Gasteiger partial charge is 0.253 e. The Bertz CT molecular complexity index is 704. The zero-order valence-electron chi connectivity index (χ0n) is 9.88. The number of anilines is 2. The van der Waals surface area contributed by atoms with Gasteiger partial charge in [0.15, 0.2) is 5.16 Å². The third-order valence-electron chi connectivity index (χ3n) is 2.34. The van der Waals surface area contributed by atoms with Crippen LogP contribution >= 0.6 is 11.8 Å². The van der Waals surface area contributed by atoms with Gasteiger partial charge in [-0.2, -0.15) is 5.26 Å². The van der Waals surface area contributed by atoms with Crippen molar-refractivity contribution in [2.24, 2.45) is 0 Å². The van der Waals surface area contributed by atoms with Gasteiger partial charge in [-0.3, -0.25) is 4.79 Å². The van der Waals surface area contributed by atoms with Crippen molar-refractivity contribution in [3.63, 3.8) is 0 Å². The van der Waals surface area contributed by atoms with Crippen LogP contribution in [0, 0.1) is 11.3 Å². The van der Waals surface area contributed by atoms with Gasteiger partial charge in [0.25, 0.3) is 5.56 Å². The fourth-order valence-electron chi connectivity index (χ4n) is 1.50. The Kier molecular flexibility index (Phi) is 3.73. The molecule has 0 saturated carbocycles. The zero-order valence-corrected chi connectivity index (χ0v) is 10.7. The Morgan fingerprint density at radius 2 is 2.16 bits per heavy atom. The first-order chi connectivity index (χ1) is 9.08. The molecule has 2 rings (SSSR count). The lowest BCUT2D eigenvalue weighted by Crippen LogP contribution is -2.09. The molecule has 0 atom stereocenters. The molecule has 1 aromatic heterocycles. The second kappa shape index (κ2) is 5.46. The summed E-state index contributed by atoms with van der Waals surface area (Å²) < 4.78 is 0. The van der Waals surface area contributed by atoms with E-state index < -0.39 is 0 Å². The standard InChI is InChI=1S/C12H11N5OS/c13-4-3-7-5-8(1-2-9(7)14)19-12-16-10(15)6-11(18)17-12/h1-2,5-6H,3,14H2,(H3,15,16,17,18). The summed E-state index contributed by atoms with van der Waals surface area (Å²) in [7, 11) is 0. The lowest BCUT2D eigenvalue weighted by molar-refractivity contribution is 0.945. The van der Waals surface area contributed by atoms with Crippen molar-refractivity contribution in [1.82, 2.24) is 9.97 Å². The molecule has 19 heavy (non-hydrogen) atoms. The van der Waals surface area contributed by atoms with Crippen molar-refractivity contribution >= 4 is 23.3 Å². The van der Waals surface area contributed by atoms with Crippen LogP contribution < -0.4 is 17.0 Å². The monoisotopic (exact) mass is 273 g/mol. The molecule has 1 aromatic carbocycles. The van der Waals surface area contributed by atoms with Crippen LogP contribution in [-0.2, 0) is 6.42 Å². The molecule has 0 amide bonds. The Hall–Kier alpha value is -2.46. The summed E-state index contributed by atoms with van der Waals surface area (Å²) in [6.45, 7) is 0. The first-order valence-electron chi connectivity index (χ1n) is 5.38. The average molecular weight is 273 g/mol. The fourth-order valence-corrected chi connectivity index (χ4v) is 2.36. The van der Waals surface area contributed by atoms with Crippen molar-refractivity contribution in [2.45, 2.75) is 16.5 Å². The first-order valence-corrected chi connectivity index (χ1v) is 6.20. The molecule has 0 unspecified atom stereocenters. The highest BCUT2D eigenvalue weighted by Crippen LogP contribution is 2.27. The molecule has 0 saturated heterocycles. The third kappa shape index (κ3) is 3.26. The van der Waals surface area contributed by atoms with E-state index >= 15 is 0 Å². The maximum absolute atomic E-state index is 11.3. The minimum atomic E-state index is -0.303. The van der Waals surface area contributed by atoms with Crippen LogP contribution in [0.1, 0.15) is 5.56 Å². The van der Waals surface area contributed by atoms with E-state index in [0.29, 0.717) is 10.8 Å². The van der Waals surface area contributed by atoms with Crippen LogP contribution in [0.25, 0.3) is 0 Å². The number of aromatic nitrogens is 2. The SMILES string of the molecule is N#CCc1cc(Sc2nc(N)cc(=O)[nH]2)ccc1N. The summed E-state index contributed by atoms with van der Waals surface area (Å²) >= 11 is 1.25. The van der Waals surface area contributed by atoms with Crippen LogP contribution in [0.5, 0.6) is 0 Å². The molecule has 1 heterocycles. The number of nitrogens with two attached hydrogens (primary N) is 2.